The number of Topliss-reactive ketones (excluding diaryl/α,β-unsaturated/α-hetero) is 1. The van der Waals surface area contributed by atoms with E-state index in [0.29, 0.717) is 25.9 Å². The topological polar surface area (TPSA) is 84.5 Å². The molecule has 0 spiro atoms. The molecule has 0 aliphatic heterocycles. The van der Waals surface area contributed by atoms with Gasteiger partial charge < -0.3 is 15.4 Å². The monoisotopic (exact) mass is 258 g/mol. The van der Waals surface area contributed by atoms with Gasteiger partial charge in [-0.2, -0.15) is 0 Å². The fourth-order valence-electron chi connectivity index (χ4n) is 1.27. The molecule has 2 N–H and O–H groups in total. The van der Waals surface area contributed by atoms with Crippen molar-refractivity contribution in [3.63, 3.8) is 0 Å². The van der Waals surface area contributed by atoms with Gasteiger partial charge >= 0.3 is 0 Å². The summed E-state index contributed by atoms with van der Waals surface area (Å²) in [6, 6.07) is -0.649. The van der Waals surface area contributed by atoms with Crippen molar-refractivity contribution < 1.29 is 19.1 Å². The number of methoxy groups -OCH3 is 1. The first-order chi connectivity index (χ1) is 8.51. The van der Waals surface area contributed by atoms with Crippen molar-refractivity contribution in [1.82, 2.24) is 10.6 Å². The second kappa shape index (κ2) is 9.58. The molecule has 0 bridgehead atoms. The number of ketones is 1. The standard InChI is InChI=1S/C12H22N2O4/c1-4-11(16)14-10(9(2)15)8-13-12(17)6-5-7-18-3/h10H,4-8H2,1-3H3,(H,13,17)(H,14,16). The van der Waals surface area contributed by atoms with Crippen LogP contribution in [0.3, 0.4) is 0 Å². The molecule has 0 aromatic carbocycles. The van der Waals surface area contributed by atoms with E-state index in [1.807, 2.05) is 0 Å². The van der Waals surface area contributed by atoms with Crippen LogP contribution in [0.1, 0.15) is 33.1 Å². The van der Waals surface area contributed by atoms with Crippen LogP contribution >= 0.6 is 0 Å². The van der Waals surface area contributed by atoms with Crippen LogP contribution in [0, 0.1) is 0 Å². The summed E-state index contributed by atoms with van der Waals surface area (Å²) in [5, 5.41) is 5.18. The van der Waals surface area contributed by atoms with Crippen LogP contribution in [0.25, 0.3) is 0 Å². The van der Waals surface area contributed by atoms with E-state index in [-0.39, 0.29) is 24.1 Å². The Morgan fingerprint density at radius 1 is 1.22 bits per heavy atom. The third-order valence-electron chi connectivity index (χ3n) is 2.40. The van der Waals surface area contributed by atoms with E-state index < -0.39 is 6.04 Å². The highest BCUT2D eigenvalue weighted by molar-refractivity contribution is 5.88. The van der Waals surface area contributed by atoms with Crippen LogP contribution < -0.4 is 10.6 Å². The quantitative estimate of drug-likeness (QED) is 0.571. The zero-order valence-electron chi connectivity index (χ0n) is 11.2. The van der Waals surface area contributed by atoms with Crippen LogP contribution in [-0.4, -0.2) is 43.9 Å². The average molecular weight is 258 g/mol. The van der Waals surface area contributed by atoms with Crippen LogP contribution in [0.2, 0.25) is 0 Å². The number of hydrogen-bond donors (Lipinski definition) is 2. The highest BCUT2D eigenvalue weighted by Gasteiger charge is 2.16. The molecular weight excluding hydrogens is 236 g/mol. The first-order valence-corrected chi connectivity index (χ1v) is 6.06. The van der Waals surface area contributed by atoms with Crippen LogP contribution in [-0.2, 0) is 19.1 Å². The lowest BCUT2D eigenvalue weighted by Crippen LogP contribution is -2.47. The number of amides is 2. The molecular formula is C12H22N2O4. The van der Waals surface area contributed by atoms with Crippen molar-refractivity contribution in [2.75, 3.05) is 20.3 Å². The Labute approximate surface area is 107 Å². The second-order valence-electron chi connectivity index (χ2n) is 3.98. The maximum Gasteiger partial charge on any atom is 0.220 e. The smallest absolute Gasteiger partial charge is 0.220 e. The van der Waals surface area contributed by atoms with Gasteiger partial charge in [0.1, 0.15) is 6.04 Å². The Bertz CT molecular complexity index is 292. The number of ether oxygens (including phenoxy) is 1. The molecule has 6 nitrogen and oxygen atoms in total. The molecule has 18 heavy (non-hydrogen) atoms. The molecule has 0 aromatic heterocycles. The lowest BCUT2D eigenvalue weighted by atomic mass is 10.2. The molecule has 1 unspecified atom stereocenters. The van der Waals surface area contributed by atoms with E-state index >= 15 is 0 Å². The first-order valence-electron chi connectivity index (χ1n) is 6.06. The zero-order chi connectivity index (χ0) is 14.0. The number of nitrogens with one attached hydrogen (secondary N) is 2. The van der Waals surface area contributed by atoms with Gasteiger partial charge in [0.2, 0.25) is 11.8 Å². The van der Waals surface area contributed by atoms with Gasteiger partial charge in [-0.1, -0.05) is 6.92 Å². The Balaban J connectivity index is 3.99. The second-order valence-corrected chi connectivity index (χ2v) is 3.98. The van der Waals surface area contributed by atoms with E-state index in [1.54, 1.807) is 14.0 Å². The predicted octanol–water partition coefficient (Wildman–Crippen LogP) is 0.0130. The summed E-state index contributed by atoms with van der Waals surface area (Å²) >= 11 is 0. The number of hydrogen-bond acceptors (Lipinski definition) is 4. The van der Waals surface area contributed by atoms with Gasteiger partial charge in [-0.25, -0.2) is 0 Å². The van der Waals surface area contributed by atoms with Crippen molar-refractivity contribution in [3.8, 4) is 0 Å². The first kappa shape index (κ1) is 16.6. The maximum atomic E-state index is 11.4. The van der Waals surface area contributed by atoms with Crippen molar-refractivity contribution >= 4 is 17.6 Å². The fraction of sp³-hybridized carbons (Fsp3) is 0.750. The predicted molar refractivity (Wildman–Crippen MR) is 67.0 cm³/mol. The molecule has 0 saturated heterocycles. The molecule has 0 saturated carbocycles. The minimum absolute atomic E-state index is 0.132. The van der Waals surface area contributed by atoms with E-state index in [1.165, 1.54) is 6.92 Å². The Hall–Kier alpha value is -1.43. The number of carbonyl (C=O) groups excluding carboxylic acids is 3. The van der Waals surface area contributed by atoms with Gasteiger partial charge in [0.05, 0.1) is 0 Å². The van der Waals surface area contributed by atoms with Gasteiger partial charge in [0.25, 0.3) is 0 Å². The summed E-state index contributed by atoms with van der Waals surface area (Å²) < 4.78 is 4.83. The summed E-state index contributed by atoms with van der Waals surface area (Å²) in [4.78, 5) is 33.9. The van der Waals surface area contributed by atoms with E-state index in [4.69, 9.17) is 4.74 Å². The third-order valence-corrected chi connectivity index (χ3v) is 2.40. The summed E-state index contributed by atoms with van der Waals surface area (Å²) in [5.74, 6) is -0.526. The molecule has 1 atom stereocenters. The van der Waals surface area contributed by atoms with Gasteiger partial charge in [0, 0.05) is 33.1 Å². The number of carbonyl (C=O) groups is 3. The van der Waals surface area contributed by atoms with Crippen molar-refractivity contribution in [2.45, 2.75) is 39.2 Å². The minimum atomic E-state index is -0.649. The molecule has 0 aliphatic rings. The molecule has 0 aromatic rings. The normalized spacial score (nSPS) is 11.7. The molecule has 104 valence electrons. The summed E-state index contributed by atoms with van der Waals surface area (Å²) in [5.41, 5.74) is 0. The molecule has 0 aliphatic carbocycles. The third kappa shape index (κ3) is 7.78. The van der Waals surface area contributed by atoms with Crippen LogP contribution in [0.4, 0.5) is 0 Å². The van der Waals surface area contributed by atoms with E-state index in [0.717, 1.165) is 0 Å². The molecule has 6 heteroatoms. The van der Waals surface area contributed by atoms with Gasteiger partial charge in [0.15, 0.2) is 5.78 Å². The Morgan fingerprint density at radius 3 is 2.39 bits per heavy atom. The summed E-state index contributed by atoms with van der Waals surface area (Å²) in [7, 11) is 1.57. The van der Waals surface area contributed by atoms with Gasteiger partial charge in [-0.05, 0) is 13.3 Å². The highest BCUT2D eigenvalue weighted by atomic mass is 16.5. The summed E-state index contributed by atoms with van der Waals surface area (Å²) in [6.45, 7) is 3.75. The van der Waals surface area contributed by atoms with Crippen molar-refractivity contribution in [1.29, 1.82) is 0 Å². The fourth-order valence-corrected chi connectivity index (χ4v) is 1.27. The van der Waals surface area contributed by atoms with Crippen LogP contribution in [0.15, 0.2) is 0 Å². The number of rotatable bonds is 9. The average Bonchev–Trinajstić information content (AvgIpc) is 2.34. The Kier molecular flexibility index (Phi) is 8.82. The molecule has 0 heterocycles. The minimum Gasteiger partial charge on any atom is -0.385 e. The van der Waals surface area contributed by atoms with E-state index in [9.17, 15) is 14.4 Å². The van der Waals surface area contributed by atoms with E-state index in [2.05, 4.69) is 10.6 Å². The lowest BCUT2D eigenvalue weighted by molar-refractivity contribution is -0.127. The highest BCUT2D eigenvalue weighted by Crippen LogP contribution is 1.91. The molecule has 0 fully saturated rings. The van der Waals surface area contributed by atoms with Crippen molar-refractivity contribution in [3.05, 3.63) is 0 Å². The van der Waals surface area contributed by atoms with Crippen LogP contribution in [0.5, 0.6) is 0 Å². The van der Waals surface area contributed by atoms with Crippen molar-refractivity contribution in [2.24, 2.45) is 0 Å². The molecule has 0 rings (SSSR count). The lowest BCUT2D eigenvalue weighted by Gasteiger charge is -2.16. The zero-order valence-corrected chi connectivity index (χ0v) is 11.2. The molecule has 0 radical (unpaired) electrons. The van der Waals surface area contributed by atoms with Gasteiger partial charge in [-0.3, -0.25) is 14.4 Å². The Morgan fingerprint density at radius 2 is 1.89 bits per heavy atom. The SMILES string of the molecule is CCC(=O)NC(CNC(=O)CCCOC)C(C)=O. The maximum absolute atomic E-state index is 11.4. The molecule has 2 amide bonds. The summed E-state index contributed by atoms with van der Waals surface area (Å²) in [6.07, 6.45) is 1.29. The van der Waals surface area contributed by atoms with Gasteiger partial charge in [-0.15, -0.1) is 0 Å². The largest absolute Gasteiger partial charge is 0.385 e.